The van der Waals surface area contributed by atoms with Crippen molar-refractivity contribution in [2.75, 3.05) is 13.7 Å². The average molecular weight is 332 g/mol. The van der Waals surface area contributed by atoms with Crippen LogP contribution in [0.3, 0.4) is 0 Å². The molecule has 3 nitrogen and oxygen atoms in total. The summed E-state index contributed by atoms with van der Waals surface area (Å²) in [7, 11) is 1.65. The Morgan fingerprint density at radius 1 is 1.17 bits per heavy atom. The van der Waals surface area contributed by atoms with Crippen LogP contribution in [0.4, 0.5) is 0 Å². The lowest BCUT2D eigenvalue weighted by atomic mass is 10.0. The molecule has 0 aromatic heterocycles. The van der Waals surface area contributed by atoms with Gasteiger partial charge in [-0.25, -0.2) is 0 Å². The van der Waals surface area contributed by atoms with Gasteiger partial charge in [-0.3, -0.25) is 4.79 Å². The van der Waals surface area contributed by atoms with Gasteiger partial charge in [-0.05, 0) is 48.2 Å². The normalized spacial score (nSPS) is 11.8. The molecule has 1 atom stereocenters. The third-order valence-corrected chi connectivity index (χ3v) is 4.00. The van der Waals surface area contributed by atoms with Gasteiger partial charge in [-0.1, -0.05) is 42.8 Å². The van der Waals surface area contributed by atoms with Crippen LogP contribution >= 0.6 is 11.6 Å². The minimum absolute atomic E-state index is 0.0681. The molecular weight excluding hydrogens is 310 g/mol. The molecule has 1 unspecified atom stereocenters. The Labute approximate surface area is 142 Å². The summed E-state index contributed by atoms with van der Waals surface area (Å²) in [5.41, 5.74) is 2.26. The highest BCUT2D eigenvalue weighted by atomic mass is 35.5. The first kappa shape index (κ1) is 17.4. The molecule has 4 heteroatoms. The van der Waals surface area contributed by atoms with E-state index < -0.39 is 0 Å². The number of halogens is 1. The summed E-state index contributed by atoms with van der Waals surface area (Å²) < 4.78 is 5.20. The molecule has 0 heterocycles. The summed E-state index contributed by atoms with van der Waals surface area (Å²) in [4.78, 5) is 12.2. The summed E-state index contributed by atoms with van der Waals surface area (Å²) in [6.07, 6.45) is 1.50. The topological polar surface area (TPSA) is 38.3 Å². The van der Waals surface area contributed by atoms with E-state index >= 15 is 0 Å². The Bertz CT molecular complexity index is 640. The van der Waals surface area contributed by atoms with E-state index in [0.29, 0.717) is 18.0 Å². The molecule has 0 aliphatic carbocycles. The lowest BCUT2D eigenvalue weighted by molar-refractivity contribution is -0.124. The van der Waals surface area contributed by atoms with Gasteiger partial charge in [0.25, 0.3) is 0 Å². The molecule has 0 saturated carbocycles. The maximum absolute atomic E-state index is 12.2. The molecule has 1 N–H and O–H groups in total. The number of hydrogen-bond acceptors (Lipinski definition) is 2. The number of ether oxygens (including phenoxy) is 1. The highest BCUT2D eigenvalue weighted by Gasteiger charge is 2.13. The van der Waals surface area contributed by atoms with Gasteiger partial charge in [0.1, 0.15) is 5.75 Å². The molecule has 0 aliphatic rings. The Hall–Kier alpha value is -2.00. The molecule has 122 valence electrons. The zero-order valence-electron chi connectivity index (χ0n) is 13.5. The zero-order chi connectivity index (χ0) is 16.7. The number of carbonyl (C=O) groups is 1. The summed E-state index contributed by atoms with van der Waals surface area (Å²) in [6, 6.07) is 15.5. The highest BCUT2D eigenvalue weighted by molar-refractivity contribution is 6.30. The first-order chi connectivity index (χ1) is 11.1. The van der Waals surface area contributed by atoms with Crippen molar-refractivity contribution >= 4 is 17.5 Å². The monoisotopic (exact) mass is 331 g/mol. The SMILES string of the molecule is COc1cccc(CCNC(=O)C(C)Cc2ccc(Cl)cc2)c1. The first-order valence-corrected chi connectivity index (χ1v) is 8.11. The fourth-order valence-corrected chi connectivity index (χ4v) is 2.52. The van der Waals surface area contributed by atoms with Gasteiger partial charge in [-0.2, -0.15) is 0 Å². The molecular formula is C19H22ClNO2. The number of methoxy groups -OCH3 is 1. The number of rotatable bonds is 7. The van der Waals surface area contributed by atoms with Crippen LogP contribution in [0.15, 0.2) is 48.5 Å². The van der Waals surface area contributed by atoms with Gasteiger partial charge in [0.05, 0.1) is 7.11 Å². The van der Waals surface area contributed by atoms with Crippen LogP contribution in [0.1, 0.15) is 18.1 Å². The summed E-state index contributed by atoms with van der Waals surface area (Å²) in [6.45, 7) is 2.56. The van der Waals surface area contributed by atoms with Gasteiger partial charge >= 0.3 is 0 Å². The van der Waals surface area contributed by atoms with Gasteiger partial charge in [0, 0.05) is 17.5 Å². The van der Waals surface area contributed by atoms with E-state index in [9.17, 15) is 4.79 Å². The molecule has 0 spiro atoms. The lowest BCUT2D eigenvalue weighted by Gasteiger charge is -2.12. The standard InChI is InChI=1S/C19H22ClNO2/c1-14(12-16-6-8-17(20)9-7-16)19(22)21-11-10-15-4-3-5-18(13-15)23-2/h3-9,13-14H,10-12H2,1-2H3,(H,21,22). The number of amides is 1. The van der Waals surface area contributed by atoms with E-state index in [1.807, 2.05) is 55.5 Å². The van der Waals surface area contributed by atoms with Crippen LogP contribution in [0, 0.1) is 5.92 Å². The molecule has 0 saturated heterocycles. The van der Waals surface area contributed by atoms with Crippen molar-refractivity contribution in [3.8, 4) is 5.75 Å². The van der Waals surface area contributed by atoms with Crippen molar-refractivity contribution in [2.24, 2.45) is 5.92 Å². The third-order valence-electron chi connectivity index (χ3n) is 3.75. The Morgan fingerprint density at radius 3 is 2.61 bits per heavy atom. The quantitative estimate of drug-likeness (QED) is 0.836. The van der Waals surface area contributed by atoms with Crippen LogP contribution in [-0.4, -0.2) is 19.6 Å². The van der Waals surface area contributed by atoms with E-state index in [0.717, 1.165) is 23.3 Å². The van der Waals surface area contributed by atoms with Gasteiger partial charge in [-0.15, -0.1) is 0 Å². The minimum Gasteiger partial charge on any atom is -0.497 e. The van der Waals surface area contributed by atoms with E-state index in [4.69, 9.17) is 16.3 Å². The molecule has 2 aromatic rings. The molecule has 0 fully saturated rings. The van der Waals surface area contributed by atoms with Crippen molar-refractivity contribution in [3.63, 3.8) is 0 Å². The average Bonchev–Trinajstić information content (AvgIpc) is 2.57. The third kappa shape index (κ3) is 5.61. The molecule has 2 aromatic carbocycles. The van der Waals surface area contributed by atoms with Crippen molar-refractivity contribution in [2.45, 2.75) is 19.8 Å². The van der Waals surface area contributed by atoms with E-state index in [1.165, 1.54) is 0 Å². The van der Waals surface area contributed by atoms with Gasteiger partial charge in [0.2, 0.25) is 5.91 Å². The van der Waals surface area contributed by atoms with Crippen molar-refractivity contribution in [3.05, 3.63) is 64.7 Å². The summed E-state index contributed by atoms with van der Waals surface area (Å²) in [5.74, 6) is 0.842. The van der Waals surface area contributed by atoms with Crippen LogP contribution < -0.4 is 10.1 Å². The molecule has 0 bridgehead atoms. The van der Waals surface area contributed by atoms with Gasteiger partial charge in [0.15, 0.2) is 0 Å². The van der Waals surface area contributed by atoms with E-state index in [1.54, 1.807) is 7.11 Å². The first-order valence-electron chi connectivity index (χ1n) is 7.73. The molecule has 2 rings (SSSR count). The number of nitrogens with one attached hydrogen (secondary N) is 1. The Morgan fingerprint density at radius 2 is 1.91 bits per heavy atom. The smallest absolute Gasteiger partial charge is 0.223 e. The number of hydrogen-bond donors (Lipinski definition) is 1. The Kier molecular flexibility index (Phi) is 6.48. The van der Waals surface area contributed by atoms with E-state index in [2.05, 4.69) is 5.32 Å². The predicted molar refractivity (Wildman–Crippen MR) is 94.0 cm³/mol. The highest BCUT2D eigenvalue weighted by Crippen LogP contribution is 2.14. The second-order valence-corrected chi connectivity index (χ2v) is 6.06. The molecule has 0 radical (unpaired) electrons. The fourth-order valence-electron chi connectivity index (χ4n) is 2.40. The molecule has 1 amide bonds. The molecule has 0 aliphatic heterocycles. The van der Waals surface area contributed by atoms with E-state index in [-0.39, 0.29) is 11.8 Å². The van der Waals surface area contributed by atoms with Crippen molar-refractivity contribution in [1.29, 1.82) is 0 Å². The second kappa shape index (κ2) is 8.59. The van der Waals surface area contributed by atoms with Crippen LogP contribution in [0.2, 0.25) is 5.02 Å². The van der Waals surface area contributed by atoms with Crippen molar-refractivity contribution < 1.29 is 9.53 Å². The lowest BCUT2D eigenvalue weighted by Crippen LogP contribution is -2.31. The summed E-state index contributed by atoms with van der Waals surface area (Å²) in [5, 5.41) is 3.71. The maximum Gasteiger partial charge on any atom is 0.223 e. The zero-order valence-corrected chi connectivity index (χ0v) is 14.3. The van der Waals surface area contributed by atoms with Crippen LogP contribution in [-0.2, 0) is 17.6 Å². The molecule has 23 heavy (non-hydrogen) atoms. The number of benzene rings is 2. The Balaban J connectivity index is 1.78. The minimum atomic E-state index is -0.0681. The van der Waals surface area contributed by atoms with Crippen LogP contribution in [0.25, 0.3) is 0 Å². The maximum atomic E-state index is 12.2. The van der Waals surface area contributed by atoms with Gasteiger partial charge < -0.3 is 10.1 Å². The fraction of sp³-hybridized carbons (Fsp3) is 0.316. The second-order valence-electron chi connectivity index (χ2n) is 5.62. The van der Waals surface area contributed by atoms with Crippen molar-refractivity contribution in [1.82, 2.24) is 5.32 Å². The summed E-state index contributed by atoms with van der Waals surface area (Å²) >= 11 is 5.87. The van der Waals surface area contributed by atoms with Crippen LogP contribution in [0.5, 0.6) is 5.75 Å². The number of carbonyl (C=O) groups excluding carboxylic acids is 1. The predicted octanol–water partition coefficient (Wildman–Crippen LogP) is 3.89. The largest absolute Gasteiger partial charge is 0.497 e.